The molecule has 2 aromatic rings. The monoisotopic (exact) mass is 391 g/mol. The molecule has 2 aromatic carbocycles. The molecule has 0 radical (unpaired) electrons. The van der Waals surface area contributed by atoms with E-state index in [1.165, 1.54) is 6.92 Å². The first-order valence-electron chi connectivity index (χ1n) is 7.70. The highest BCUT2D eigenvalue weighted by Gasteiger charge is 2.37. The lowest BCUT2D eigenvalue weighted by atomic mass is 10.1. The Morgan fingerprint density at radius 2 is 1.41 bits per heavy atom. The number of rotatable bonds is 4. The van der Waals surface area contributed by atoms with Gasteiger partial charge >= 0.3 is 12.4 Å². The van der Waals surface area contributed by atoms with Crippen molar-refractivity contribution < 1.29 is 35.9 Å². The molecule has 9 heteroatoms. The maximum absolute atomic E-state index is 12.8. The van der Waals surface area contributed by atoms with Crippen LogP contribution in [-0.4, -0.2) is 12.0 Å². The van der Waals surface area contributed by atoms with Crippen LogP contribution in [0.5, 0.6) is 5.75 Å². The zero-order valence-corrected chi connectivity index (χ0v) is 14.2. The fourth-order valence-corrected chi connectivity index (χ4v) is 2.13. The number of carbonyl (C=O) groups is 1. The average molecular weight is 391 g/mol. The van der Waals surface area contributed by atoms with Crippen LogP contribution in [0.15, 0.2) is 42.5 Å². The summed E-state index contributed by atoms with van der Waals surface area (Å²) in [7, 11) is 0. The molecular weight excluding hydrogens is 376 g/mol. The second-order valence-electron chi connectivity index (χ2n) is 5.86. The van der Waals surface area contributed by atoms with Crippen LogP contribution in [0.3, 0.4) is 0 Å². The topological polar surface area (TPSA) is 38.3 Å². The summed E-state index contributed by atoms with van der Waals surface area (Å²) in [5.41, 5.74) is -1.67. The van der Waals surface area contributed by atoms with E-state index in [0.717, 1.165) is 5.56 Å². The van der Waals surface area contributed by atoms with Gasteiger partial charge in [-0.2, -0.15) is 26.3 Å². The minimum atomic E-state index is -4.99. The summed E-state index contributed by atoms with van der Waals surface area (Å²) in [5.74, 6) is -1.42. The molecule has 1 amide bonds. The molecule has 146 valence electrons. The van der Waals surface area contributed by atoms with E-state index in [2.05, 4.69) is 5.32 Å². The van der Waals surface area contributed by atoms with E-state index in [1.807, 2.05) is 6.92 Å². The summed E-state index contributed by atoms with van der Waals surface area (Å²) in [6, 6.07) is 7.49. The molecule has 0 aromatic heterocycles. The standard InChI is InChI=1S/C18H15F6NO2/c1-10-3-5-14(6-4-10)25-16(26)11(2)27-15-8-12(17(19,20)21)7-13(9-15)18(22,23)24/h3-9,11H,1-2H3,(H,25,26)/t11-/m1/s1. The fraction of sp³-hybridized carbons (Fsp3) is 0.278. The lowest BCUT2D eigenvalue weighted by Gasteiger charge is -2.18. The quantitative estimate of drug-likeness (QED) is 0.705. The van der Waals surface area contributed by atoms with Gasteiger partial charge in [-0.05, 0) is 44.2 Å². The molecule has 0 aliphatic heterocycles. The molecule has 2 rings (SSSR count). The molecule has 0 saturated heterocycles. The Labute approximate surface area is 150 Å². The number of hydrogen-bond acceptors (Lipinski definition) is 2. The molecule has 0 saturated carbocycles. The van der Waals surface area contributed by atoms with E-state index in [1.54, 1.807) is 24.3 Å². The van der Waals surface area contributed by atoms with Gasteiger partial charge in [0.1, 0.15) is 5.75 Å². The molecule has 0 bridgehead atoms. The Balaban J connectivity index is 2.21. The van der Waals surface area contributed by atoms with E-state index in [0.29, 0.717) is 17.8 Å². The third-order valence-corrected chi connectivity index (χ3v) is 3.56. The summed E-state index contributed by atoms with van der Waals surface area (Å²) in [6.45, 7) is 3.06. The molecule has 0 unspecified atom stereocenters. The Morgan fingerprint density at radius 1 is 0.926 bits per heavy atom. The van der Waals surface area contributed by atoms with E-state index in [4.69, 9.17) is 4.74 Å². The summed E-state index contributed by atoms with van der Waals surface area (Å²) in [6.07, 6.45) is -11.3. The number of anilines is 1. The average Bonchev–Trinajstić information content (AvgIpc) is 2.55. The van der Waals surface area contributed by atoms with E-state index in [-0.39, 0.29) is 6.07 Å². The van der Waals surface area contributed by atoms with Crippen LogP contribution in [0, 0.1) is 6.92 Å². The summed E-state index contributed by atoms with van der Waals surface area (Å²) < 4.78 is 82.1. The largest absolute Gasteiger partial charge is 0.481 e. The van der Waals surface area contributed by atoms with Crippen LogP contribution >= 0.6 is 0 Å². The molecule has 1 N–H and O–H groups in total. The molecule has 3 nitrogen and oxygen atoms in total. The van der Waals surface area contributed by atoms with Crippen molar-refractivity contribution in [2.24, 2.45) is 0 Å². The third-order valence-electron chi connectivity index (χ3n) is 3.56. The minimum absolute atomic E-state index is 0.0100. The molecule has 0 fully saturated rings. The molecular formula is C18H15F6NO2. The maximum atomic E-state index is 12.8. The van der Waals surface area contributed by atoms with Gasteiger partial charge in [-0.25, -0.2) is 0 Å². The van der Waals surface area contributed by atoms with Crippen molar-refractivity contribution in [1.29, 1.82) is 0 Å². The number of halogens is 6. The van der Waals surface area contributed by atoms with Crippen molar-refractivity contribution in [2.45, 2.75) is 32.3 Å². The first-order chi connectivity index (χ1) is 12.4. The number of carbonyl (C=O) groups excluding carboxylic acids is 1. The highest BCUT2D eigenvalue weighted by atomic mass is 19.4. The maximum Gasteiger partial charge on any atom is 0.416 e. The highest BCUT2D eigenvalue weighted by Crippen LogP contribution is 2.38. The van der Waals surface area contributed by atoms with Gasteiger partial charge in [-0.15, -0.1) is 0 Å². The summed E-state index contributed by atoms with van der Waals surface area (Å²) in [5, 5.41) is 2.47. The fourth-order valence-electron chi connectivity index (χ4n) is 2.13. The van der Waals surface area contributed by atoms with Gasteiger partial charge < -0.3 is 10.1 Å². The van der Waals surface area contributed by atoms with Crippen molar-refractivity contribution >= 4 is 11.6 Å². The van der Waals surface area contributed by atoms with Crippen molar-refractivity contribution in [3.63, 3.8) is 0 Å². The Hall–Kier alpha value is -2.71. The predicted octanol–water partition coefficient (Wildman–Crippen LogP) is 5.44. The van der Waals surface area contributed by atoms with Crippen LogP contribution in [0.2, 0.25) is 0 Å². The van der Waals surface area contributed by atoms with Gasteiger partial charge in [-0.3, -0.25) is 4.79 Å². The molecule has 27 heavy (non-hydrogen) atoms. The van der Waals surface area contributed by atoms with Gasteiger partial charge in [-0.1, -0.05) is 17.7 Å². The molecule has 0 heterocycles. The van der Waals surface area contributed by atoms with Crippen LogP contribution in [0.4, 0.5) is 32.0 Å². The number of hydrogen-bond donors (Lipinski definition) is 1. The number of alkyl halides is 6. The second-order valence-corrected chi connectivity index (χ2v) is 5.86. The Bertz CT molecular complexity index is 780. The number of nitrogens with one attached hydrogen (secondary N) is 1. The lowest BCUT2D eigenvalue weighted by molar-refractivity contribution is -0.143. The summed E-state index contributed by atoms with van der Waals surface area (Å²) in [4.78, 5) is 12.1. The number of ether oxygens (including phenoxy) is 1. The predicted molar refractivity (Wildman–Crippen MR) is 86.3 cm³/mol. The molecule has 0 aliphatic carbocycles. The zero-order chi connectivity index (χ0) is 20.4. The van der Waals surface area contributed by atoms with Gasteiger partial charge in [0, 0.05) is 5.69 Å². The van der Waals surface area contributed by atoms with E-state index in [9.17, 15) is 31.1 Å². The van der Waals surface area contributed by atoms with Crippen LogP contribution < -0.4 is 10.1 Å². The SMILES string of the molecule is Cc1ccc(NC(=O)[C@@H](C)Oc2cc(C(F)(F)F)cc(C(F)(F)F)c2)cc1. The zero-order valence-electron chi connectivity index (χ0n) is 14.2. The van der Waals surface area contributed by atoms with Gasteiger partial charge in [0.05, 0.1) is 11.1 Å². The number of benzene rings is 2. The van der Waals surface area contributed by atoms with Gasteiger partial charge in [0.2, 0.25) is 0 Å². The van der Waals surface area contributed by atoms with Crippen LogP contribution in [0.25, 0.3) is 0 Å². The smallest absolute Gasteiger partial charge is 0.416 e. The van der Waals surface area contributed by atoms with Crippen molar-refractivity contribution in [3.05, 3.63) is 59.2 Å². The van der Waals surface area contributed by atoms with Crippen LogP contribution in [0.1, 0.15) is 23.6 Å². The molecule has 0 aliphatic rings. The van der Waals surface area contributed by atoms with Crippen LogP contribution in [-0.2, 0) is 17.1 Å². The lowest BCUT2D eigenvalue weighted by Crippen LogP contribution is -2.30. The minimum Gasteiger partial charge on any atom is -0.481 e. The van der Waals surface area contributed by atoms with Crippen molar-refractivity contribution in [1.82, 2.24) is 0 Å². The first kappa shape index (κ1) is 20.6. The highest BCUT2D eigenvalue weighted by molar-refractivity contribution is 5.94. The second kappa shape index (κ2) is 7.50. The number of aryl methyl sites for hydroxylation is 1. The van der Waals surface area contributed by atoms with Gasteiger partial charge in [0.15, 0.2) is 6.10 Å². The van der Waals surface area contributed by atoms with E-state index < -0.39 is 41.2 Å². The normalized spacial score (nSPS) is 13.2. The Kier molecular flexibility index (Phi) is 5.72. The van der Waals surface area contributed by atoms with E-state index >= 15 is 0 Å². The first-order valence-corrected chi connectivity index (χ1v) is 7.70. The van der Waals surface area contributed by atoms with Crippen molar-refractivity contribution in [3.8, 4) is 5.75 Å². The third kappa shape index (κ3) is 5.63. The number of amides is 1. The summed E-state index contributed by atoms with van der Waals surface area (Å²) >= 11 is 0. The van der Waals surface area contributed by atoms with Gasteiger partial charge in [0.25, 0.3) is 5.91 Å². The Morgan fingerprint density at radius 3 is 1.85 bits per heavy atom. The molecule has 1 atom stereocenters. The van der Waals surface area contributed by atoms with Crippen molar-refractivity contribution in [2.75, 3.05) is 5.32 Å². The molecule has 0 spiro atoms.